The summed E-state index contributed by atoms with van der Waals surface area (Å²) in [6.45, 7) is 5.84. The first-order valence-electron chi connectivity index (χ1n) is 7.05. The first kappa shape index (κ1) is 15.2. The van der Waals surface area contributed by atoms with Gasteiger partial charge in [0.1, 0.15) is 5.78 Å². The molecule has 1 fully saturated rings. The molecule has 0 spiro atoms. The van der Waals surface area contributed by atoms with Gasteiger partial charge < -0.3 is 4.74 Å². The number of hydrogen-bond donors (Lipinski definition) is 0. The van der Waals surface area contributed by atoms with Crippen LogP contribution in [0.2, 0.25) is 0 Å². The second kappa shape index (κ2) is 8.25. The topological polar surface area (TPSA) is 46.6 Å². The van der Waals surface area contributed by atoms with Crippen LogP contribution >= 0.6 is 0 Å². The second-order valence-electron chi connectivity index (χ2n) is 5.01. The summed E-state index contributed by atoms with van der Waals surface area (Å²) >= 11 is 0. The number of esters is 1. The van der Waals surface area contributed by atoms with Crippen LogP contribution in [0.25, 0.3) is 0 Å². The maximum atomic E-state index is 11.8. The highest BCUT2D eigenvalue weighted by Crippen LogP contribution is 2.16. The zero-order valence-corrected chi connectivity index (χ0v) is 11.6. The minimum atomic E-state index is -0.269. The lowest BCUT2D eigenvalue weighted by Gasteiger charge is -2.25. The largest absolute Gasteiger partial charge is 0.466 e. The van der Waals surface area contributed by atoms with Crippen molar-refractivity contribution in [2.24, 2.45) is 0 Å². The Labute approximate surface area is 110 Å². The zero-order chi connectivity index (χ0) is 13.4. The maximum Gasteiger partial charge on any atom is 0.306 e. The molecule has 1 heterocycles. The van der Waals surface area contributed by atoms with Gasteiger partial charge in [0.25, 0.3) is 0 Å². The molecule has 0 amide bonds. The van der Waals surface area contributed by atoms with Crippen molar-refractivity contribution in [3.05, 3.63) is 0 Å². The van der Waals surface area contributed by atoms with Gasteiger partial charge in [0.05, 0.1) is 19.6 Å². The molecule has 18 heavy (non-hydrogen) atoms. The quantitative estimate of drug-likeness (QED) is 0.682. The lowest BCUT2D eigenvalue weighted by molar-refractivity contribution is -0.144. The zero-order valence-electron chi connectivity index (χ0n) is 11.6. The molecule has 0 N–H and O–H groups in total. The van der Waals surface area contributed by atoms with Crippen LogP contribution in [0.3, 0.4) is 0 Å². The van der Waals surface area contributed by atoms with Gasteiger partial charge in [-0.05, 0) is 33.2 Å². The fourth-order valence-electron chi connectivity index (χ4n) is 2.35. The van der Waals surface area contributed by atoms with Gasteiger partial charge in [0.2, 0.25) is 0 Å². The lowest BCUT2D eigenvalue weighted by Crippen LogP contribution is -2.37. The van der Waals surface area contributed by atoms with Gasteiger partial charge in [-0.25, -0.2) is 0 Å². The van der Waals surface area contributed by atoms with E-state index in [4.69, 9.17) is 4.74 Å². The molecule has 0 aromatic heterocycles. The van der Waals surface area contributed by atoms with Gasteiger partial charge in [-0.15, -0.1) is 0 Å². The molecule has 0 aliphatic carbocycles. The van der Waals surface area contributed by atoms with E-state index in [2.05, 4.69) is 11.8 Å². The molecule has 1 aliphatic heterocycles. The molecule has 4 heteroatoms. The Morgan fingerprint density at radius 2 is 2.00 bits per heavy atom. The number of rotatable bonds is 6. The highest BCUT2D eigenvalue weighted by Gasteiger charge is 2.19. The molecule has 1 rings (SSSR count). The summed E-state index contributed by atoms with van der Waals surface area (Å²) in [5.74, 6) is -0.119. The van der Waals surface area contributed by atoms with Gasteiger partial charge >= 0.3 is 5.97 Å². The molecule has 1 atom stereocenters. The van der Waals surface area contributed by atoms with Crippen molar-refractivity contribution in [3.63, 3.8) is 0 Å². The number of likely N-dealkylation sites (tertiary alicyclic amines) is 1. The monoisotopic (exact) mass is 255 g/mol. The summed E-state index contributed by atoms with van der Waals surface area (Å²) < 4.78 is 4.82. The third-order valence-corrected chi connectivity index (χ3v) is 3.48. The van der Waals surface area contributed by atoms with E-state index in [0.29, 0.717) is 25.6 Å². The molecule has 104 valence electrons. The van der Waals surface area contributed by atoms with Gasteiger partial charge in [-0.1, -0.05) is 12.8 Å². The minimum Gasteiger partial charge on any atom is -0.466 e. The average molecular weight is 255 g/mol. The van der Waals surface area contributed by atoms with Crippen molar-refractivity contribution in [3.8, 4) is 0 Å². The van der Waals surface area contributed by atoms with Crippen LogP contribution < -0.4 is 0 Å². The molecule has 1 saturated heterocycles. The van der Waals surface area contributed by atoms with E-state index in [1.807, 2.05) is 0 Å². The molecule has 4 nitrogen and oxygen atoms in total. The van der Waals surface area contributed by atoms with E-state index in [1.165, 1.54) is 25.7 Å². The van der Waals surface area contributed by atoms with Crippen LogP contribution in [0.15, 0.2) is 0 Å². The fourth-order valence-corrected chi connectivity index (χ4v) is 2.35. The normalized spacial score (nSPS) is 21.3. The average Bonchev–Trinajstić information content (AvgIpc) is 2.53. The molecular formula is C14H25NO3. The predicted octanol–water partition coefficient (Wildman–Crippen LogP) is 2.16. The molecule has 0 aromatic carbocycles. The van der Waals surface area contributed by atoms with Crippen molar-refractivity contribution in [1.29, 1.82) is 0 Å². The van der Waals surface area contributed by atoms with Gasteiger partial charge in [0.15, 0.2) is 0 Å². The molecule has 0 aromatic rings. The highest BCUT2D eigenvalue weighted by atomic mass is 16.5. The molecule has 0 bridgehead atoms. The Kier molecular flexibility index (Phi) is 6.94. The number of carbonyl (C=O) groups is 2. The summed E-state index contributed by atoms with van der Waals surface area (Å²) in [5, 5.41) is 0. The minimum absolute atomic E-state index is 0.150. The molecule has 0 saturated carbocycles. The Balaban J connectivity index is 2.27. The Hall–Kier alpha value is -0.900. The first-order valence-corrected chi connectivity index (χ1v) is 7.05. The standard InChI is InChI=1S/C14H25NO3/c1-3-18-14(17)9-8-13(16)11-15-10-6-4-5-7-12(15)2/h12H,3-11H2,1-2H3. The predicted molar refractivity (Wildman–Crippen MR) is 70.4 cm³/mol. The highest BCUT2D eigenvalue weighted by molar-refractivity contribution is 5.84. The molecule has 1 unspecified atom stereocenters. The smallest absolute Gasteiger partial charge is 0.306 e. The summed E-state index contributed by atoms with van der Waals surface area (Å²) in [7, 11) is 0. The van der Waals surface area contributed by atoms with Crippen molar-refractivity contribution in [2.45, 2.75) is 58.4 Å². The number of ether oxygens (including phenoxy) is 1. The molecule has 0 radical (unpaired) electrons. The van der Waals surface area contributed by atoms with E-state index in [1.54, 1.807) is 6.92 Å². The van der Waals surface area contributed by atoms with Crippen molar-refractivity contribution in [1.82, 2.24) is 4.90 Å². The molecular weight excluding hydrogens is 230 g/mol. The summed E-state index contributed by atoms with van der Waals surface area (Å²) in [4.78, 5) is 25.2. The van der Waals surface area contributed by atoms with Crippen molar-refractivity contribution >= 4 is 11.8 Å². The maximum absolute atomic E-state index is 11.8. The number of ketones is 1. The van der Waals surface area contributed by atoms with Crippen LogP contribution in [0, 0.1) is 0 Å². The summed E-state index contributed by atoms with van der Waals surface area (Å²) in [6, 6.07) is 0.485. The van der Waals surface area contributed by atoms with Gasteiger partial charge in [0, 0.05) is 12.5 Å². The second-order valence-corrected chi connectivity index (χ2v) is 5.01. The van der Waals surface area contributed by atoms with Crippen LogP contribution in [0.1, 0.15) is 52.4 Å². The molecule has 1 aliphatic rings. The van der Waals surface area contributed by atoms with Crippen LogP contribution in [0.5, 0.6) is 0 Å². The van der Waals surface area contributed by atoms with Crippen molar-refractivity contribution in [2.75, 3.05) is 19.7 Å². The number of hydrogen-bond acceptors (Lipinski definition) is 4. The van der Waals surface area contributed by atoms with Crippen LogP contribution in [0.4, 0.5) is 0 Å². The van der Waals surface area contributed by atoms with E-state index in [-0.39, 0.29) is 18.2 Å². The number of Topliss-reactive ketones (excluding diaryl/α,β-unsaturated/α-hetero) is 1. The lowest BCUT2D eigenvalue weighted by atomic mass is 10.1. The Bertz CT molecular complexity index is 278. The third kappa shape index (κ3) is 5.63. The van der Waals surface area contributed by atoms with Gasteiger partial charge in [-0.2, -0.15) is 0 Å². The van der Waals surface area contributed by atoms with Crippen LogP contribution in [-0.4, -0.2) is 42.4 Å². The van der Waals surface area contributed by atoms with Gasteiger partial charge in [-0.3, -0.25) is 14.5 Å². The SMILES string of the molecule is CCOC(=O)CCC(=O)CN1CCCCCC1C. The summed E-state index contributed by atoms with van der Waals surface area (Å²) in [5.41, 5.74) is 0. The Morgan fingerprint density at radius 1 is 1.22 bits per heavy atom. The first-order chi connectivity index (χ1) is 8.63. The van der Waals surface area contributed by atoms with E-state index < -0.39 is 0 Å². The van der Waals surface area contributed by atoms with E-state index >= 15 is 0 Å². The number of carbonyl (C=O) groups excluding carboxylic acids is 2. The third-order valence-electron chi connectivity index (χ3n) is 3.48. The van der Waals surface area contributed by atoms with Crippen LogP contribution in [-0.2, 0) is 14.3 Å². The Morgan fingerprint density at radius 3 is 2.72 bits per heavy atom. The van der Waals surface area contributed by atoms with Crippen molar-refractivity contribution < 1.29 is 14.3 Å². The van der Waals surface area contributed by atoms with E-state index in [9.17, 15) is 9.59 Å². The fraction of sp³-hybridized carbons (Fsp3) is 0.857. The number of nitrogens with zero attached hydrogens (tertiary/aromatic N) is 1. The van der Waals surface area contributed by atoms with E-state index in [0.717, 1.165) is 6.54 Å². The summed E-state index contributed by atoms with van der Waals surface area (Å²) in [6.07, 6.45) is 5.39.